The van der Waals surface area contributed by atoms with Crippen molar-refractivity contribution in [3.05, 3.63) is 76.1 Å². The van der Waals surface area contributed by atoms with Crippen LogP contribution in [0.15, 0.2) is 48.9 Å². The summed E-state index contributed by atoms with van der Waals surface area (Å²) in [5, 5.41) is 0.443. The van der Waals surface area contributed by atoms with E-state index >= 15 is 0 Å². The van der Waals surface area contributed by atoms with Crippen LogP contribution in [0.2, 0.25) is 5.02 Å². The van der Waals surface area contributed by atoms with Crippen LogP contribution in [-0.4, -0.2) is 40.8 Å². The van der Waals surface area contributed by atoms with Crippen LogP contribution in [0.5, 0.6) is 5.75 Å². The van der Waals surface area contributed by atoms with Gasteiger partial charge in [-0.05, 0) is 87.4 Å². The number of rotatable bonds is 7. The highest BCUT2D eigenvalue weighted by Crippen LogP contribution is 2.34. The van der Waals surface area contributed by atoms with E-state index in [1.165, 1.54) is 24.3 Å². The smallest absolute Gasteiger partial charge is 0.474 e. The lowest BCUT2D eigenvalue weighted by atomic mass is 9.89. The van der Waals surface area contributed by atoms with Crippen molar-refractivity contribution in [1.82, 2.24) is 9.80 Å². The van der Waals surface area contributed by atoms with Crippen LogP contribution in [0.3, 0.4) is 0 Å². The van der Waals surface area contributed by atoms with Crippen molar-refractivity contribution in [3.63, 3.8) is 0 Å². The molecule has 0 unspecified atom stereocenters. The first-order valence-electron chi connectivity index (χ1n) is 12.4. The number of fused-ring (bicyclic) bond motifs is 1. The van der Waals surface area contributed by atoms with Crippen LogP contribution in [0.1, 0.15) is 60.7 Å². The van der Waals surface area contributed by atoms with Gasteiger partial charge in [-0.2, -0.15) is 0 Å². The van der Waals surface area contributed by atoms with Crippen LogP contribution in [0, 0.1) is 5.92 Å². The van der Waals surface area contributed by atoms with Crippen LogP contribution in [0.4, 0.5) is 13.2 Å². The zero-order chi connectivity index (χ0) is 27.0. The summed E-state index contributed by atoms with van der Waals surface area (Å²) < 4.78 is 47.0. The topological polar surface area (TPSA) is 42.0 Å². The number of hydrogen-bond acceptors (Lipinski definition) is 4. The summed E-state index contributed by atoms with van der Waals surface area (Å²) in [7, 11) is 0. The summed E-state index contributed by atoms with van der Waals surface area (Å²) in [6, 6.07) is 9.50. The van der Waals surface area contributed by atoms with Gasteiger partial charge in [0, 0.05) is 26.2 Å². The van der Waals surface area contributed by atoms with Gasteiger partial charge in [0.25, 0.3) is 5.91 Å². The molecule has 0 atom stereocenters. The molecule has 1 fully saturated rings. The quantitative estimate of drug-likeness (QED) is 0.360. The summed E-state index contributed by atoms with van der Waals surface area (Å²) in [5.41, 5.74) is 2.93. The number of alkyl halides is 3. The lowest BCUT2D eigenvalue weighted by Crippen LogP contribution is -2.36. The average Bonchev–Trinajstić information content (AvgIpc) is 3.09. The number of ether oxygens (including phenoxy) is 2. The van der Waals surface area contributed by atoms with Crippen molar-refractivity contribution in [1.29, 1.82) is 0 Å². The van der Waals surface area contributed by atoms with Gasteiger partial charge >= 0.3 is 6.36 Å². The second kappa shape index (κ2) is 10.5. The Kier molecular flexibility index (Phi) is 7.70. The number of piperidine rings is 1. The van der Waals surface area contributed by atoms with Gasteiger partial charge < -0.3 is 19.3 Å². The molecule has 1 saturated heterocycles. The number of halogens is 4. The van der Waals surface area contributed by atoms with E-state index in [4.69, 9.17) is 16.3 Å². The Morgan fingerprint density at radius 2 is 1.73 bits per heavy atom. The zero-order valence-corrected chi connectivity index (χ0v) is 22.1. The number of hydrogen-bond donors (Lipinski definition) is 0. The van der Waals surface area contributed by atoms with Crippen molar-refractivity contribution in [2.24, 2.45) is 5.92 Å². The van der Waals surface area contributed by atoms with Crippen LogP contribution < -0.4 is 4.74 Å². The van der Waals surface area contributed by atoms with Gasteiger partial charge in [0.1, 0.15) is 11.4 Å². The number of carbonyl (C=O) groups excluding carboxylic acids is 1. The van der Waals surface area contributed by atoms with Crippen molar-refractivity contribution in [2.75, 3.05) is 13.1 Å². The molecule has 2 aromatic carbocycles. The van der Waals surface area contributed by atoms with Crippen LogP contribution >= 0.6 is 11.6 Å². The zero-order valence-electron chi connectivity index (χ0n) is 21.3. The fourth-order valence-electron chi connectivity index (χ4n) is 4.93. The summed E-state index contributed by atoms with van der Waals surface area (Å²) in [5.74, 6) is 0.746. The minimum absolute atomic E-state index is 0.173. The highest BCUT2D eigenvalue weighted by atomic mass is 35.5. The predicted molar refractivity (Wildman–Crippen MR) is 136 cm³/mol. The maximum atomic E-state index is 13.0. The van der Waals surface area contributed by atoms with Crippen LogP contribution in [-0.2, 0) is 24.2 Å². The number of amides is 1. The van der Waals surface area contributed by atoms with Gasteiger partial charge in [-0.25, -0.2) is 0 Å². The second-order valence-electron chi connectivity index (χ2n) is 10.7. The Bertz CT molecular complexity index is 1150. The summed E-state index contributed by atoms with van der Waals surface area (Å²) >= 11 is 6.56. The Balaban J connectivity index is 1.35. The molecule has 2 aromatic rings. The number of carbonyl (C=O) groups is 1. The van der Waals surface area contributed by atoms with E-state index in [0.717, 1.165) is 43.5 Å². The number of likely N-dealkylation sites (tertiary alicyclic amines) is 1. The third-order valence-corrected chi connectivity index (χ3v) is 6.84. The highest BCUT2D eigenvalue weighted by Gasteiger charge is 2.32. The van der Waals surface area contributed by atoms with Gasteiger partial charge in [0.2, 0.25) is 0 Å². The molecule has 0 bridgehead atoms. The lowest BCUT2D eigenvalue weighted by Gasteiger charge is -2.36. The summed E-state index contributed by atoms with van der Waals surface area (Å²) in [4.78, 5) is 16.9. The molecule has 9 heteroatoms. The fraction of sp³-hybridized carbons (Fsp3) is 0.464. The number of nitrogens with zero attached hydrogens (tertiary/aromatic N) is 2. The minimum atomic E-state index is -4.74. The molecule has 4 rings (SSSR count). The fourth-order valence-corrected chi connectivity index (χ4v) is 5.27. The SMILES string of the molecule is C=C(OC(C)(C)C)N1CCC(Cc2cc(Cl)c3c(c2)CN(Cc2ccc(OC(F)(F)F)cc2)C3=O)CC1. The molecule has 5 nitrogen and oxygen atoms in total. The molecule has 2 heterocycles. The van der Waals surface area contributed by atoms with Gasteiger partial charge in [0.05, 0.1) is 10.6 Å². The van der Waals surface area contributed by atoms with Gasteiger partial charge in [-0.15, -0.1) is 13.2 Å². The van der Waals surface area contributed by atoms with E-state index in [1.54, 1.807) is 4.90 Å². The van der Waals surface area contributed by atoms with Gasteiger partial charge in [-0.1, -0.05) is 29.8 Å². The van der Waals surface area contributed by atoms with Crippen LogP contribution in [0.25, 0.3) is 0 Å². The molecule has 0 aromatic heterocycles. The summed E-state index contributed by atoms with van der Waals surface area (Å²) in [6.45, 7) is 12.6. The Hall–Kier alpha value is -2.87. The Morgan fingerprint density at radius 1 is 1.08 bits per heavy atom. The molecule has 0 spiro atoms. The molecule has 200 valence electrons. The largest absolute Gasteiger partial charge is 0.573 e. The minimum Gasteiger partial charge on any atom is -0.474 e. The standard InChI is InChI=1S/C28H32ClF3N2O3/c1-18(36-27(2,3)4)33-11-9-19(10-12-33)13-21-14-22-17-34(26(35)25(22)24(29)15-21)16-20-5-7-23(8-6-20)37-28(30,31)32/h5-8,14-15,19H,1,9-13,16-17H2,2-4H3. The lowest BCUT2D eigenvalue weighted by molar-refractivity contribution is -0.274. The molecular weight excluding hydrogens is 505 g/mol. The molecular formula is C28H32ClF3N2O3. The summed E-state index contributed by atoms with van der Waals surface area (Å²) in [6.07, 6.45) is -1.84. The van der Waals surface area contributed by atoms with Crippen molar-refractivity contribution in [2.45, 2.75) is 65.1 Å². The normalized spacial score (nSPS) is 16.7. The second-order valence-corrected chi connectivity index (χ2v) is 11.1. The third kappa shape index (κ3) is 7.12. The first-order chi connectivity index (χ1) is 17.3. The molecule has 0 saturated carbocycles. The third-order valence-electron chi connectivity index (χ3n) is 6.54. The monoisotopic (exact) mass is 536 g/mol. The van der Waals surface area contributed by atoms with Gasteiger partial charge in [0.15, 0.2) is 5.88 Å². The highest BCUT2D eigenvalue weighted by molar-refractivity contribution is 6.34. The van der Waals surface area contributed by atoms with E-state index in [-0.39, 0.29) is 23.8 Å². The Labute approximate surface area is 220 Å². The average molecular weight is 537 g/mol. The van der Waals surface area contributed by atoms with Crippen molar-refractivity contribution >= 4 is 17.5 Å². The first-order valence-corrected chi connectivity index (χ1v) is 12.7. The molecule has 2 aliphatic rings. The van der Waals surface area contributed by atoms with Crippen molar-refractivity contribution in [3.8, 4) is 5.75 Å². The molecule has 1 amide bonds. The molecule has 0 radical (unpaired) electrons. The Morgan fingerprint density at radius 3 is 2.32 bits per heavy atom. The van der Waals surface area contributed by atoms with Gasteiger partial charge in [-0.3, -0.25) is 4.79 Å². The molecule has 0 N–H and O–H groups in total. The van der Waals surface area contributed by atoms with E-state index in [0.29, 0.717) is 34.5 Å². The number of benzene rings is 2. The predicted octanol–water partition coefficient (Wildman–Crippen LogP) is 6.94. The van der Waals surface area contributed by atoms with E-state index in [2.05, 4.69) is 22.3 Å². The maximum absolute atomic E-state index is 13.0. The van der Waals surface area contributed by atoms with Crippen molar-refractivity contribution < 1.29 is 27.4 Å². The van der Waals surface area contributed by atoms with E-state index in [1.807, 2.05) is 26.8 Å². The molecule has 37 heavy (non-hydrogen) atoms. The molecule has 2 aliphatic heterocycles. The van der Waals surface area contributed by atoms with E-state index in [9.17, 15) is 18.0 Å². The maximum Gasteiger partial charge on any atom is 0.573 e. The molecule has 0 aliphatic carbocycles. The first kappa shape index (κ1) is 27.2. The van der Waals surface area contributed by atoms with E-state index < -0.39 is 6.36 Å².